The van der Waals surface area contributed by atoms with Crippen molar-refractivity contribution in [2.45, 2.75) is 33.7 Å². The van der Waals surface area contributed by atoms with Crippen molar-refractivity contribution in [2.24, 2.45) is 0 Å². The minimum Gasteiger partial charge on any atom is -0.356 e. The molecule has 0 radical (unpaired) electrons. The molecule has 0 unspecified atom stereocenters. The lowest BCUT2D eigenvalue weighted by molar-refractivity contribution is -0.128. The van der Waals surface area contributed by atoms with Gasteiger partial charge in [0.1, 0.15) is 0 Å². The van der Waals surface area contributed by atoms with E-state index in [4.69, 9.17) is 0 Å². The van der Waals surface area contributed by atoms with Crippen LogP contribution in [0, 0.1) is 0 Å². The first-order valence-electron chi connectivity index (χ1n) is 6.60. The number of hydrogen-bond donors (Lipinski definition) is 1. The molecular formula is C13H22N4O2. The molecule has 6 heteroatoms. The summed E-state index contributed by atoms with van der Waals surface area (Å²) in [5.74, 6) is 0.183. The van der Waals surface area contributed by atoms with Crippen LogP contribution in [0.15, 0.2) is 17.2 Å². The van der Waals surface area contributed by atoms with E-state index in [1.165, 1.54) is 0 Å². The van der Waals surface area contributed by atoms with Gasteiger partial charge >= 0.3 is 0 Å². The fraction of sp³-hybridized carbons (Fsp3) is 0.615. The van der Waals surface area contributed by atoms with Gasteiger partial charge in [0.15, 0.2) is 5.82 Å². The van der Waals surface area contributed by atoms with Crippen molar-refractivity contribution >= 4 is 11.7 Å². The maximum absolute atomic E-state index is 12.0. The number of nitrogens with zero attached hydrogens (tertiary/aromatic N) is 3. The SMILES string of the molecule is CCN(CC)C(=O)CNc1nccn(C(C)C)c1=O. The lowest BCUT2D eigenvalue weighted by Gasteiger charge is -2.19. The highest BCUT2D eigenvalue weighted by Gasteiger charge is 2.11. The van der Waals surface area contributed by atoms with Crippen molar-refractivity contribution in [2.75, 3.05) is 25.0 Å². The monoisotopic (exact) mass is 266 g/mol. The Balaban J connectivity index is 2.76. The molecule has 19 heavy (non-hydrogen) atoms. The molecule has 0 aromatic carbocycles. The molecule has 0 aliphatic carbocycles. The van der Waals surface area contributed by atoms with Gasteiger partial charge in [-0.3, -0.25) is 9.59 Å². The molecule has 0 spiro atoms. The van der Waals surface area contributed by atoms with E-state index in [0.717, 1.165) is 0 Å². The van der Waals surface area contributed by atoms with Gasteiger partial charge in [-0.25, -0.2) is 4.98 Å². The summed E-state index contributed by atoms with van der Waals surface area (Å²) in [6, 6.07) is 0.0644. The maximum atomic E-state index is 12.0. The van der Waals surface area contributed by atoms with Crippen LogP contribution in [0.2, 0.25) is 0 Å². The molecule has 1 aromatic rings. The minimum atomic E-state index is -0.204. The molecule has 1 aromatic heterocycles. The molecule has 106 valence electrons. The first-order valence-corrected chi connectivity index (χ1v) is 6.60. The zero-order valence-electron chi connectivity index (χ0n) is 12.0. The zero-order valence-corrected chi connectivity index (χ0v) is 12.0. The van der Waals surface area contributed by atoms with Crippen molar-refractivity contribution < 1.29 is 4.79 Å². The van der Waals surface area contributed by atoms with Gasteiger partial charge in [-0.15, -0.1) is 0 Å². The van der Waals surface area contributed by atoms with Gasteiger partial charge in [-0.1, -0.05) is 0 Å². The fourth-order valence-electron chi connectivity index (χ4n) is 1.80. The summed E-state index contributed by atoms with van der Waals surface area (Å²) in [4.78, 5) is 29.6. The lowest BCUT2D eigenvalue weighted by Crippen LogP contribution is -2.36. The highest BCUT2D eigenvalue weighted by molar-refractivity contribution is 5.80. The molecule has 1 N–H and O–H groups in total. The van der Waals surface area contributed by atoms with Gasteiger partial charge in [0, 0.05) is 31.5 Å². The predicted octanol–water partition coefficient (Wildman–Crippen LogP) is 1.10. The second-order valence-corrected chi connectivity index (χ2v) is 4.50. The van der Waals surface area contributed by atoms with Crippen molar-refractivity contribution in [1.29, 1.82) is 0 Å². The van der Waals surface area contributed by atoms with E-state index in [1.807, 2.05) is 27.7 Å². The van der Waals surface area contributed by atoms with E-state index in [2.05, 4.69) is 10.3 Å². The van der Waals surface area contributed by atoms with Gasteiger partial charge in [-0.05, 0) is 27.7 Å². The van der Waals surface area contributed by atoms with Crippen LogP contribution in [0.5, 0.6) is 0 Å². The highest BCUT2D eigenvalue weighted by atomic mass is 16.2. The van der Waals surface area contributed by atoms with Crippen molar-refractivity contribution in [1.82, 2.24) is 14.5 Å². The summed E-state index contributed by atoms with van der Waals surface area (Å²) in [6.45, 7) is 9.11. The van der Waals surface area contributed by atoms with Gasteiger partial charge in [0.05, 0.1) is 6.54 Å². The largest absolute Gasteiger partial charge is 0.356 e. The minimum absolute atomic E-state index is 0.0360. The molecule has 1 heterocycles. The zero-order chi connectivity index (χ0) is 14.4. The Morgan fingerprint density at radius 1 is 1.42 bits per heavy atom. The molecule has 0 aliphatic heterocycles. The second kappa shape index (κ2) is 6.92. The lowest BCUT2D eigenvalue weighted by atomic mass is 10.4. The van der Waals surface area contributed by atoms with Crippen LogP contribution in [-0.4, -0.2) is 40.0 Å². The van der Waals surface area contributed by atoms with E-state index in [1.54, 1.807) is 21.9 Å². The van der Waals surface area contributed by atoms with Gasteiger partial charge in [0.2, 0.25) is 5.91 Å². The third kappa shape index (κ3) is 3.81. The summed E-state index contributed by atoms with van der Waals surface area (Å²) in [7, 11) is 0. The van der Waals surface area contributed by atoms with Crippen molar-refractivity contribution in [3.05, 3.63) is 22.7 Å². The van der Waals surface area contributed by atoms with E-state index < -0.39 is 0 Å². The van der Waals surface area contributed by atoms with Crippen molar-refractivity contribution in [3.8, 4) is 0 Å². The van der Waals surface area contributed by atoms with Crippen LogP contribution in [0.25, 0.3) is 0 Å². The number of anilines is 1. The van der Waals surface area contributed by atoms with Gasteiger partial charge < -0.3 is 14.8 Å². The van der Waals surface area contributed by atoms with Gasteiger partial charge in [0.25, 0.3) is 5.56 Å². The van der Waals surface area contributed by atoms with E-state index in [9.17, 15) is 9.59 Å². The quantitative estimate of drug-likeness (QED) is 0.837. The molecule has 0 saturated carbocycles. The summed E-state index contributed by atoms with van der Waals surface area (Å²) >= 11 is 0. The van der Waals surface area contributed by atoms with E-state index in [0.29, 0.717) is 13.1 Å². The molecule has 1 rings (SSSR count). The van der Waals surface area contributed by atoms with E-state index in [-0.39, 0.29) is 29.9 Å². The first kappa shape index (κ1) is 15.2. The normalized spacial score (nSPS) is 10.6. The number of amides is 1. The summed E-state index contributed by atoms with van der Waals surface area (Å²) in [6.07, 6.45) is 3.20. The number of hydrogen-bond acceptors (Lipinski definition) is 4. The summed E-state index contributed by atoms with van der Waals surface area (Å²) < 4.78 is 1.58. The Labute approximate surface area is 113 Å². The number of aromatic nitrogens is 2. The Bertz CT molecular complexity index is 478. The van der Waals surface area contributed by atoms with Crippen LogP contribution in [0.3, 0.4) is 0 Å². The molecule has 0 aliphatic rings. The standard InChI is InChI=1S/C13H22N4O2/c1-5-16(6-2)11(18)9-15-12-13(19)17(10(3)4)8-7-14-12/h7-8,10H,5-6,9H2,1-4H3,(H,14,15). The number of nitrogens with one attached hydrogen (secondary N) is 1. The number of likely N-dealkylation sites (N-methyl/N-ethyl adjacent to an activating group) is 1. The van der Waals surface area contributed by atoms with Crippen molar-refractivity contribution in [3.63, 3.8) is 0 Å². The third-order valence-electron chi connectivity index (χ3n) is 2.95. The Kier molecular flexibility index (Phi) is 5.54. The van der Waals surface area contributed by atoms with Crippen LogP contribution < -0.4 is 10.9 Å². The smallest absolute Gasteiger partial charge is 0.293 e. The molecule has 6 nitrogen and oxygen atoms in total. The number of carbonyl (C=O) groups is 1. The predicted molar refractivity (Wildman–Crippen MR) is 75.3 cm³/mol. The molecule has 0 fully saturated rings. The summed E-state index contributed by atoms with van der Waals surface area (Å²) in [5.41, 5.74) is -0.204. The number of carbonyl (C=O) groups excluding carboxylic acids is 1. The molecule has 0 saturated heterocycles. The van der Waals surface area contributed by atoms with Crippen LogP contribution in [-0.2, 0) is 4.79 Å². The average molecular weight is 266 g/mol. The Morgan fingerprint density at radius 2 is 2.05 bits per heavy atom. The Hall–Kier alpha value is -1.85. The van der Waals surface area contributed by atoms with Gasteiger partial charge in [-0.2, -0.15) is 0 Å². The summed E-state index contributed by atoms with van der Waals surface area (Å²) in [5, 5.41) is 2.82. The molecule has 1 amide bonds. The fourth-order valence-corrected chi connectivity index (χ4v) is 1.80. The maximum Gasteiger partial charge on any atom is 0.293 e. The molecular weight excluding hydrogens is 244 g/mol. The van der Waals surface area contributed by atoms with E-state index >= 15 is 0 Å². The first-order chi connectivity index (χ1) is 9.01. The van der Waals surface area contributed by atoms with Crippen LogP contribution in [0.4, 0.5) is 5.82 Å². The molecule has 0 bridgehead atoms. The third-order valence-corrected chi connectivity index (χ3v) is 2.95. The molecule has 0 atom stereocenters. The van der Waals surface area contributed by atoms with Crippen LogP contribution >= 0.6 is 0 Å². The number of rotatable bonds is 6. The average Bonchev–Trinajstić information content (AvgIpc) is 2.38. The Morgan fingerprint density at radius 3 is 2.58 bits per heavy atom. The van der Waals surface area contributed by atoms with Crippen LogP contribution in [0.1, 0.15) is 33.7 Å². The second-order valence-electron chi connectivity index (χ2n) is 4.50. The topological polar surface area (TPSA) is 67.2 Å². The highest BCUT2D eigenvalue weighted by Crippen LogP contribution is 2.01.